The van der Waals surface area contributed by atoms with E-state index < -0.39 is 42.4 Å². The van der Waals surface area contributed by atoms with Crippen molar-refractivity contribution in [3.8, 4) is 34.0 Å². The maximum atomic E-state index is 14.3. The summed E-state index contributed by atoms with van der Waals surface area (Å²) in [6, 6.07) is 30.4. The van der Waals surface area contributed by atoms with E-state index in [9.17, 15) is 36.0 Å². The molecule has 0 radical (unpaired) electrons. The molecule has 12 rings (SSSR count). The van der Waals surface area contributed by atoms with Crippen LogP contribution in [0.4, 0.5) is 24.5 Å². The summed E-state index contributed by atoms with van der Waals surface area (Å²) in [5, 5.41) is 10.2. The smallest absolute Gasteiger partial charge is 1.00 e. The normalized spacial score (nSPS) is 16.4. The Bertz CT molecular complexity index is 4100. The molecular formula is C57H49F3K2N8O10S2. The number of aromatic nitrogens is 4. The fourth-order valence-corrected chi connectivity index (χ4v) is 14.4. The van der Waals surface area contributed by atoms with Crippen molar-refractivity contribution in [2.45, 2.75) is 75.1 Å². The minimum atomic E-state index is -5.33. The number of hydrogen-bond acceptors (Lipinski definition) is 15. The van der Waals surface area contributed by atoms with Crippen molar-refractivity contribution in [2.75, 3.05) is 38.1 Å². The molecule has 2 atom stereocenters. The maximum absolute atomic E-state index is 14.3. The Morgan fingerprint density at radius 2 is 1.07 bits per heavy atom. The number of nitrogens with zero attached hydrogens (tertiary/aromatic N) is 7. The summed E-state index contributed by atoms with van der Waals surface area (Å²) in [4.78, 5) is 71.0. The molecule has 2 saturated carbocycles. The number of amides is 3. The van der Waals surface area contributed by atoms with E-state index in [4.69, 9.17) is 24.3 Å². The van der Waals surface area contributed by atoms with E-state index in [1.54, 1.807) is 84.0 Å². The Kier molecular flexibility index (Phi) is 18.8. The molecule has 3 amide bonds. The molecule has 0 bridgehead atoms. The molecule has 6 heterocycles. The third-order valence-electron chi connectivity index (χ3n) is 15.1. The summed E-state index contributed by atoms with van der Waals surface area (Å²) < 4.78 is 90.4. The Balaban J connectivity index is 0.000000219. The number of alkyl halides is 3. The van der Waals surface area contributed by atoms with Crippen molar-refractivity contribution in [3.63, 3.8) is 0 Å². The molecule has 2 fully saturated rings. The van der Waals surface area contributed by atoms with Gasteiger partial charge in [-0.05, 0) is 97.5 Å². The van der Waals surface area contributed by atoms with Gasteiger partial charge in [-0.2, -0.15) is 13.2 Å². The van der Waals surface area contributed by atoms with Crippen molar-refractivity contribution < 1.29 is 165 Å². The number of hydrogen-bond donors (Lipinski definition) is 1. The van der Waals surface area contributed by atoms with E-state index in [0.29, 0.717) is 21.5 Å². The van der Waals surface area contributed by atoms with Crippen molar-refractivity contribution in [3.05, 3.63) is 145 Å². The fraction of sp³-hybridized carbons (Fsp3) is 0.228. The van der Waals surface area contributed by atoms with E-state index in [-0.39, 0.29) is 149 Å². The summed E-state index contributed by atoms with van der Waals surface area (Å²) in [5.74, 6) is -2.37. The summed E-state index contributed by atoms with van der Waals surface area (Å²) in [6.45, 7) is -0.181. The second kappa shape index (κ2) is 24.7. The van der Waals surface area contributed by atoms with E-state index >= 15 is 0 Å². The number of fused-ring (bicyclic) bond motifs is 8. The van der Waals surface area contributed by atoms with Crippen molar-refractivity contribution in [2.24, 2.45) is 4.36 Å². The number of likely N-dealkylation sites (N-methyl/N-ethyl adjacent to an activating group) is 2. The van der Waals surface area contributed by atoms with Crippen LogP contribution in [-0.2, 0) is 54.4 Å². The molecule has 2 aliphatic carbocycles. The van der Waals surface area contributed by atoms with Crippen molar-refractivity contribution >= 4 is 76.8 Å². The first kappa shape index (κ1) is 62.6. The number of methoxy groups -OCH3 is 2. The molecule has 82 heavy (non-hydrogen) atoms. The fourth-order valence-electron chi connectivity index (χ4n) is 10.9. The first-order chi connectivity index (χ1) is 38.3. The van der Waals surface area contributed by atoms with Crippen LogP contribution >= 0.6 is 0 Å². The van der Waals surface area contributed by atoms with Gasteiger partial charge >= 0.3 is 115 Å². The van der Waals surface area contributed by atoms with Gasteiger partial charge in [0.25, 0.3) is 6.47 Å². The molecule has 1 N–H and O–H groups in total. The predicted octanol–water partition coefficient (Wildman–Crippen LogP) is 3.40. The topological polar surface area (TPSA) is 247 Å². The third-order valence-corrected chi connectivity index (χ3v) is 19.2. The van der Waals surface area contributed by atoms with E-state index in [0.717, 1.165) is 88.4 Å². The average molecular weight is 1210 g/mol. The van der Waals surface area contributed by atoms with Gasteiger partial charge in [-0.1, -0.05) is 61.4 Å². The van der Waals surface area contributed by atoms with Crippen LogP contribution in [0.5, 0.6) is 11.8 Å². The number of rotatable bonds is 9. The van der Waals surface area contributed by atoms with Gasteiger partial charge in [0.15, 0.2) is 0 Å². The van der Waals surface area contributed by atoms with Gasteiger partial charge < -0.3 is 30.8 Å². The monoisotopic (exact) mass is 1200 g/mol. The quantitative estimate of drug-likeness (QED) is 0.0943. The van der Waals surface area contributed by atoms with Crippen LogP contribution in [0.25, 0.3) is 44.1 Å². The van der Waals surface area contributed by atoms with Crippen LogP contribution in [0.15, 0.2) is 158 Å². The molecule has 2 aliphatic heterocycles. The Morgan fingerprint density at radius 1 is 0.659 bits per heavy atom. The number of ether oxygens (including phenoxy) is 2. The third kappa shape index (κ3) is 10.9. The van der Waals surface area contributed by atoms with E-state index in [2.05, 4.69) is 29.2 Å². The van der Waals surface area contributed by atoms with Gasteiger partial charge in [0.05, 0.1) is 69.6 Å². The second-order valence-electron chi connectivity index (χ2n) is 19.4. The molecule has 4 aromatic carbocycles. The molecule has 2 spiro atoms. The van der Waals surface area contributed by atoms with Crippen molar-refractivity contribution in [1.29, 1.82) is 4.78 Å². The van der Waals surface area contributed by atoms with Crippen LogP contribution in [0.3, 0.4) is 0 Å². The van der Waals surface area contributed by atoms with Gasteiger partial charge in [-0.15, -0.1) is 4.36 Å². The standard InChI is InChI=1S/C29H23F3N4O4S.C27H24N4O3S.CH2O3.2K.H/c1-36-22-16-33-21-10-9-17(13-20(21)24(22)28(27(36)38)11-6-12-28)18-14-23(25(40-2)34-15-18)41(39,19-7-4-3-5-8-19)35-26(37)29(30,31)32;1-31-22-16-29-21-10-9-17(13-20(21)24(22)27(26(31)32)11-6-12-27)18-14-23(25(34-2)30-15-18)35(28,33)19-7-4-3-5-8-19;2-1-4-3;;;/h3-5,7-10,13-16H,6,11-12H2,1-2H3;3-5,7-10,13-16,28H,6,11-12H2,1-2H3;1,3H;;;/q;;;2*+1;-1/p-1. The molecule has 18 nitrogen and oxygen atoms in total. The van der Waals surface area contributed by atoms with Gasteiger partial charge in [0.2, 0.25) is 23.6 Å². The number of carbonyl (C=O) groups excluding carboxylic acids is 4. The molecule has 25 heteroatoms. The zero-order valence-corrected chi connectivity index (χ0v) is 53.1. The van der Waals surface area contributed by atoms with E-state index in [1.807, 2.05) is 37.4 Å². The zero-order chi connectivity index (χ0) is 56.9. The minimum absolute atomic E-state index is 0. The molecule has 8 aromatic rings. The number of carbonyl (C=O) groups is 4. The number of pyridine rings is 4. The molecule has 412 valence electrons. The molecule has 2 unspecified atom stereocenters. The number of benzene rings is 4. The molecule has 4 aliphatic rings. The Labute approximate surface area is 556 Å². The van der Waals surface area contributed by atoms with Crippen LogP contribution in [0.1, 0.15) is 51.1 Å². The molecule has 0 saturated heterocycles. The first-order valence-electron chi connectivity index (χ1n) is 24.8. The molecular weight excluding hydrogens is 1160 g/mol. The Hall–Kier alpha value is -5.40. The predicted molar refractivity (Wildman–Crippen MR) is 288 cm³/mol. The Morgan fingerprint density at radius 3 is 1.46 bits per heavy atom. The van der Waals surface area contributed by atoms with Gasteiger partial charge in [0, 0.05) is 59.5 Å². The first-order valence-corrected chi connectivity index (χ1v) is 27.9. The minimum Gasteiger partial charge on any atom is -1.00 e. The summed E-state index contributed by atoms with van der Waals surface area (Å²) in [7, 11) is -1.27. The van der Waals surface area contributed by atoms with Crippen LogP contribution in [0, 0.1) is 4.78 Å². The van der Waals surface area contributed by atoms with Crippen LogP contribution < -0.4 is 127 Å². The second-order valence-corrected chi connectivity index (χ2v) is 23.5. The van der Waals surface area contributed by atoms with E-state index in [1.165, 1.54) is 50.7 Å². The summed E-state index contributed by atoms with van der Waals surface area (Å²) >= 11 is 0. The summed E-state index contributed by atoms with van der Waals surface area (Å²) in [5.41, 5.74) is 6.58. The van der Waals surface area contributed by atoms with Gasteiger partial charge in [-0.3, -0.25) is 29.1 Å². The number of anilines is 2. The SMILES string of the molecule is COc1ncc(-c2ccc3ncc4c(c3c2)C2(CCC2)C(=O)N4C)cc1S(=N)(=O)c1ccccc1.COc1ncc(-c2ccc3ncc4c(c3c2)C2(CCC2)C(=O)N4C)cc1S(=O)(=NC(=O)C(F)(F)F)c1ccccc1.O=CO[O-].[H-].[K+].[K+]. The number of nitrogens with one attached hydrogen (secondary N) is 1. The average Bonchev–Trinajstić information content (AvgIpc) is 2.45. The summed E-state index contributed by atoms with van der Waals surface area (Å²) in [6.07, 6.45) is 6.38. The zero-order valence-electron chi connectivity index (χ0n) is 46.2. The van der Waals surface area contributed by atoms with Crippen LogP contribution in [-0.4, -0.2) is 87.0 Å². The van der Waals surface area contributed by atoms with Gasteiger partial charge in [-0.25, -0.2) is 23.2 Å². The largest absolute Gasteiger partial charge is 1.00 e. The number of halogens is 3. The molecule has 4 aromatic heterocycles. The van der Waals surface area contributed by atoms with Crippen LogP contribution in [0.2, 0.25) is 0 Å². The van der Waals surface area contributed by atoms with Gasteiger partial charge in [0.1, 0.15) is 29.2 Å². The maximum Gasteiger partial charge on any atom is 1.00 e. The van der Waals surface area contributed by atoms with Crippen molar-refractivity contribution in [1.82, 2.24) is 19.9 Å².